The third-order valence-electron chi connectivity index (χ3n) is 2.93. The number of hydrogen-bond donors (Lipinski definition) is 2. The highest BCUT2D eigenvalue weighted by Crippen LogP contribution is 2.23. The summed E-state index contributed by atoms with van der Waals surface area (Å²) in [4.78, 5) is 11.2. The van der Waals surface area contributed by atoms with Crippen molar-refractivity contribution >= 4 is 16.9 Å². The molecule has 4 nitrogen and oxygen atoms in total. The summed E-state index contributed by atoms with van der Waals surface area (Å²) in [6, 6.07) is 5.81. The van der Waals surface area contributed by atoms with Crippen LogP contribution in [0.4, 0.5) is 0 Å². The summed E-state index contributed by atoms with van der Waals surface area (Å²) in [6.07, 6.45) is 2.46. The van der Waals surface area contributed by atoms with Crippen LogP contribution in [-0.4, -0.2) is 27.4 Å². The molecule has 17 heavy (non-hydrogen) atoms. The SMILES string of the molecule is CCc1ccc2c(c1)c(C(=O)O)cn2CCO. The van der Waals surface area contributed by atoms with Crippen LogP contribution in [0.5, 0.6) is 0 Å². The first-order valence-electron chi connectivity index (χ1n) is 5.63. The maximum Gasteiger partial charge on any atom is 0.337 e. The topological polar surface area (TPSA) is 62.5 Å². The molecule has 0 atom stereocenters. The number of hydrogen-bond acceptors (Lipinski definition) is 2. The Morgan fingerprint density at radius 2 is 2.18 bits per heavy atom. The van der Waals surface area contributed by atoms with Gasteiger partial charge in [0.25, 0.3) is 0 Å². The lowest BCUT2D eigenvalue weighted by molar-refractivity contribution is 0.0698. The van der Waals surface area contributed by atoms with E-state index in [0.29, 0.717) is 12.1 Å². The van der Waals surface area contributed by atoms with Gasteiger partial charge in [0.15, 0.2) is 0 Å². The minimum atomic E-state index is -0.931. The Kier molecular flexibility index (Phi) is 3.15. The minimum Gasteiger partial charge on any atom is -0.478 e. The van der Waals surface area contributed by atoms with Crippen LogP contribution in [0.3, 0.4) is 0 Å². The van der Waals surface area contributed by atoms with E-state index >= 15 is 0 Å². The molecule has 1 aromatic carbocycles. The second-order valence-corrected chi connectivity index (χ2v) is 3.97. The van der Waals surface area contributed by atoms with Crippen LogP contribution in [0, 0.1) is 0 Å². The van der Waals surface area contributed by atoms with Crippen LogP contribution in [0.25, 0.3) is 10.9 Å². The number of aliphatic hydroxyl groups excluding tert-OH is 1. The zero-order valence-electron chi connectivity index (χ0n) is 9.68. The standard InChI is InChI=1S/C13H15NO3/c1-2-9-3-4-12-10(7-9)11(13(16)17)8-14(12)5-6-15/h3-4,7-8,15H,2,5-6H2,1H3,(H,16,17). The molecule has 0 saturated carbocycles. The van der Waals surface area contributed by atoms with Gasteiger partial charge in [0, 0.05) is 23.6 Å². The molecule has 0 saturated heterocycles. The van der Waals surface area contributed by atoms with Crippen LogP contribution in [0.15, 0.2) is 24.4 Å². The molecule has 0 aliphatic rings. The van der Waals surface area contributed by atoms with E-state index in [4.69, 9.17) is 10.2 Å². The van der Waals surface area contributed by atoms with Gasteiger partial charge in [-0.3, -0.25) is 0 Å². The monoisotopic (exact) mass is 233 g/mol. The van der Waals surface area contributed by atoms with Crippen molar-refractivity contribution in [3.63, 3.8) is 0 Å². The van der Waals surface area contributed by atoms with Crippen molar-refractivity contribution in [1.82, 2.24) is 4.57 Å². The third-order valence-corrected chi connectivity index (χ3v) is 2.93. The Labute approximate surface area is 99.1 Å². The molecule has 2 aromatic rings. The average molecular weight is 233 g/mol. The number of aliphatic hydroxyl groups is 1. The molecule has 0 aliphatic carbocycles. The number of nitrogens with zero attached hydrogens (tertiary/aromatic N) is 1. The Bertz CT molecular complexity index is 557. The fourth-order valence-electron chi connectivity index (χ4n) is 2.03. The van der Waals surface area contributed by atoms with Crippen molar-refractivity contribution in [3.8, 4) is 0 Å². The highest BCUT2D eigenvalue weighted by atomic mass is 16.4. The van der Waals surface area contributed by atoms with Gasteiger partial charge in [0.05, 0.1) is 12.2 Å². The Morgan fingerprint density at radius 3 is 2.76 bits per heavy atom. The van der Waals surface area contributed by atoms with E-state index in [0.717, 1.165) is 22.9 Å². The highest BCUT2D eigenvalue weighted by molar-refractivity contribution is 6.03. The number of fused-ring (bicyclic) bond motifs is 1. The normalized spacial score (nSPS) is 10.9. The van der Waals surface area contributed by atoms with E-state index in [2.05, 4.69) is 0 Å². The number of aromatic nitrogens is 1. The Morgan fingerprint density at radius 1 is 1.41 bits per heavy atom. The summed E-state index contributed by atoms with van der Waals surface area (Å²) >= 11 is 0. The third kappa shape index (κ3) is 2.03. The number of benzene rings is 1. The first kappa shape index (κ1) is 11.7. The van der Waals surface area contributed by atoms with Gasteiger partial charge in [-0.15, -0.1) is 0 Å². The van der Waals surface area contributed by atoms with Crippen molar-refractivity contribution < 1.29 is 15.0 Å². The second-order valence-electron chi connectivity index (χ2n) is 3.97. The van der Waals surface area contributed by atoms with Crippen molar-refractivity contribution in [2.24, 2.45) is 0 Å². The molecular formula is C13H15NO3. The summed E-state index contributed by atoms with van der Waals surface area (Å²) in [5.41, 5.74) is 2.26. The van der Waals surface area contributed by atoms with E-state index in [9.17, 15) is 4.79 Å². The van der Waals surface area contributed by atoms with Gasteiger partial charge >= 0.3 is 5.97 Å². The molecular weight excluding hydrogens is 218 g/mol. The molecule has 1 aromatic heterocycles. The van der Waals surface area contributed by atoms with Gasteiger partial charge in [-0.1, -0.05) is 13.0 Å². The number of carboxylic acid groups (broad SMARTS) is 1. The zero-order chi connectivity index (χ0) is 12.4. The van der Waals surface area contributed by atoms with E-state index in [1.807, 2.05) is 25.1 Å². The number of carboxylic acids is 1. The molecule has 0 fully saturated rings. The molecule has 2 rings (SSSR count). The fraction of sp³-hybridized carbons (Fsp3) is 0.308. The minimum absolute atomic E-state index is 0.00162. The first-order valence-corrected chi connectivity index (χ1v) is 5.63. The van der Waals surface area contributed by atoms with Gasteiger partial charge in [0.2, 0.25) is 0 Å². The lowest BCUT2D eigenvalue weighted by atomic mass is 10.1. The Balaban J connectivity index is 2.67. The molecule has 0 radical (unpaired) electrons. The van der Waals surface area contributed by atoms with Crippen molar-refractivity contribution in [2.45, 2.75) is 19.9 Å². The summed E-state index contributed by atoms with van der Waals surface area (Å²) in [6.45, 7) is 2.44. The van der Waals surface area contributed by atoms with Crippen molar-refractivity contribution in [3.05, 3.63) is 35.5 Å². The summed E-state index contributed by atoms with van der Waals surface area (Å²) < 4.78 is 1.78. The molecule has 0 spiro atoms. The van der Waals surface area contributed by atoms with E-state index < -0.39 is 5.97 Å². The van der Waals surface area contributed by atoms with E-state index in [1.54, 1.807) is 10.8 Å². The second kappa shape index (κ2) is 4.59. The predicted molar refractivity (Wildman–Crippen MR) is 65.4 cm³/mol. The van der Waals surface area contributed by atoms with Crippen LogP contribution in [0.2, 0.25) is 0 Å². The molecule has 0 aliphatic heterocycles. The van der Waals surface area contributed by atoms with Gasteiger partial charge in [-0.25, -0.2) is 4.79 Å². The molecule has 0 unspecified atom stereocenters. The molecule has 1 heterocycles. The van der Waals surface area contributed by atoms with E-state index in [-0.39, 0.29) is 6.61 Å². The first-order chi connectivity index (χ1) is 8.17. The fourth-order valence-corrected chi connectivity index (χ4v) is 2.03. The highest BCUT2D eigenvalue weighted by Gasteiger charge is 2.13. The predicted octanol–water partition coefficient (Wildman–Crippen LogP) is 1.89. The van der Waals surface area contributed by atoms with Crippen molar-refractivity contribution in [2.75, 3.05) is 6.61 Å². The molecule has 4 heteroatoms. The van der Waals surface area contributed by atoms with Crippen LogP contribution in [-0.2, 0) is 13.0 Å². The van der Waals surface area contributed by atoms with Gasteiger partial charge in [-0.05, 0) is 24.1 Å². The number of rotatable bonds is 4. The van der Waals surface area contributed by atoms with Crippen LogP contribution >= 0.6 is 0 Å². The van der Waals surface area contributed by atoms with Crippen LogP contribution in [0.1, 0.15) is 22.8 Å². The lowest BCUT2D eigenvalue weighted by Gasteiger charge is -2.02. The molecule has 0 bridgehead atoms. The van der Waals surface area contributed by atoms with E-state index in [1.165, 1.54) is 0 Å². The van der Waals surface area contributed by atoms with Gasteiger partial charge in [-0.2, -0.15) is 0 Å². The summed E-state index contributed by atoms with van der Waals surface area (Å²) in [5, 5.41) is 18.9. The largest absolute Gasteiger partial charge is 0.478 e. The maximum atomic E-state index is 11.2. The van der Waals surface area contributed by atoms with Gasteiger partial charge in [0.1, 0.15) is 0 Å². The zero-order valence-corrected chi connectivity index (χ0v) is 9.68. The Hall–Kier alpha value is -1.81. The average Bonchev–Trinajstić information content (AvgIpc) is 2.68. The lowest BCUT2D eigenvalue weighted by Crippen LogP contribution is -2.00. The molecule has 2 N–H and O–H groups in total. The number of aromatic carboxylic acids is 1. The molecule has 0 amide bonds. The van der Waals surface area contributed by atoms with Gasteiger partial charge < -0.3 is 14.8 Å². The van der Waals surface area contributed by atoms with Crippen LogP contribution < -0.4 is 0 Å². The molecule has 90 valence electrons. The maximum absolute atomic E-state index is 11.2. The number of carbonyl (C=O) groups is 1. The summed E-state index contributed by atoms with van der Waals surface area (Å²) in [5.74, 6) is -0.931. The summed E-state index contributed by atoms with van der Waals surface area (Å²) in [7, 11) is 0. The smallest absolute Gasteiger partial charge is 0.337 e. The quantitative estimate of drug-likeness (QED) is 0.847. The number of aryl methyl sites for hydroxylation is 1. The van der Waals surface area contributed by atoms with Crippen molar-refractivity contribution in [1.29, 1.82) is 0 Å².